The van der Waals surface area contributed by atoms with Crippen molar-refractivity contribution in [3.05, 3.63) is 34.9 Å². The molecule has 0 unspecified atom stereocenters. The normalized spacial score (nSPS) is 12.6. The molecule has 0 amide bonds. The molecule has 0 radical (unpaired) electrons. The molecule has 0 saturated heterocycles. The molecule has 0 aliphatic heterocycles. The minimum Gasteiger partial charge on any atom is -0.294 e. The van der Waals surface area contributed by atoms with Crippen LogP contribution in [0.5, 0.6) is 0 Å². The van der Waals surface area contributed by atoms with E-state index in [0.29, 0.717) is 18.6 Å². The number of Topliss-reactive ketones (excluding diaryl/α,β-unsaturated/α-hetero) is 1. The molecule has 1 aromatic carbocycles. The molecular weight excluding hydrogens is 274 g/mol. The van der Waals surface area contributed by atoms with Crippen LogP contribution in [-0.4, -0.2) is 5.78 Å². The first kappa shape index (κ1) is 15.5. The molecule has 0 fully saturated rings. The van der Waals surface area contributed by atoms with Crippen LogP contribution in [0.4, 0.5) is 26.3 Å². The Kier molecular flexibility index (Phi) is 4.27. The number of benzene rings is 1. The summed E-state index contributed by atoms with van der Waals surface area (Å²) < 4.78 is 75.2. The largest absolute Gasteiger partial charge is 0.417 e. The van der Waals surface area contributed by atoms with Crippen molar-refractivity contribution in [1.29, 1.82) is 0 Å². The second-order valence-electron chi connectivity index (χ2n) is 3.93. The van der Waals surface area contributed by atoms with Gasteiger partial charge in [-0.15, -0.1) is 0 Å². The SMILES string of the molecule is CCCC(=O)c1ccc(C(F)(F)F)cc1C(F)(F)F. The molecule has 0 aliphatic carbocycles. The molecule has 1 rings (SSSR count). The van der Waals surface area contributed by atoms with Gasteiger partial charge < -0.3 is 0 Å². The average molecular weight is 284 g/mol. The van der Waals surface area contributed by atoms with Gasteiger partial charge in [-0.2, -0.15) is 26.3 Å². The summed E-state index contributed by atoms with van der Waals surface area (Å²) in [5.74, 6) is -0.816. The first-order valence-corrected chi connectivity index (χ1v) is 5.39. The number of carbonyl (C=O) groups excluding carboxylic acids is 1. The van der Waals surface area contributed by atoms with Gasteiger partial charge in [0, 0.05) is 12.0 Å². The van der Waals surface area contributed by atoms with Gasteiger partial charge >= 0.3 is 12.4 Å². The zero-order valence-electron chi connectivity index (χ0n) is 9.82. The Morgan fingerprint density at radius 1 is 1.05 bits per heavy atom. The Balaban J connectivity index is 3.38. The predicted octanol–water partition coefficient (Wildman–Crippen LogP) is 4.71. The third-order valence-electron chi connectivity index (χ3n) is 2.43. The number of hydrogen-bond acceptors (Lipinski definition) is 1. The monoisotopic (exact) mass is 284 g/mol. The Bertz CT molecular complexity index is 472. The highest BCUT2D eigenvalue weighted by atomic mass is 19.4. The van der Waals surface area contributed by atoms with E-state index in [1.54, 1.807) is 6.92 Å². The first-order chi connectivity index (χ1) is 8.57. The number of ketones is 1. The van der Waals surface area contributed by atoms with Crippen LogP contribution in [0.25, 0.3) is 0 Å². The molecule has 0 atom stereocenters. The quantitative estimate of drug-likeness (QED) is 0.580. The van der Waals surface area contributed by atoms with Crippen LogP contribution in [0.3, 0.4) is 0 Å². The summed E-state index contributed by atoms with van der Waals surface area (Å²) >= 11 is 0. The highest BCUT2D eigenvalue weighted by molar-refractivity contribution is 5.97. The highest BCUT2D eigenvalue weighted by Gasteiger charge is 2.39. The second-order valence-corrected chi connectivity index (χ2v) is 3.93. The Labute approximate surface area is 105 Å². The number of alkyl halides is 6. The van der Waals surface area contributed by atoms with Gasteiger partial charge in [0.25, 0.3) is 0 Å². The van der Waals surface area contributed by atoms with E-state index >= 15 is 0 Å². The molecule has 0 spiro atoms. The van der Waals surface area contributed by atoms with Crippen molar-refractivity contribution >= 4 is 5.78 Å². The Morgan fingerprint density at radius 2 is 1.63 bits per heavy atom. The van der Waals surface area contributed by atoms with Crippen molar-refractivity contribution in [1.82, 2.24) is 0 Å². The van der Waals surface area contributed by atoms with Gasteiger partial charge in [-0.3, -0.25) is 4.79 Å². The van der Waals surface area contributed by atoms with Crippen molar-refractivity contribution in [2.24, 2.45) is 0 Å². The molecule has 106 valence electrons. The van der Waals surface area contributed by atoms with E-state index in [1.165, 1.54) is 0 Å². The van der Waals surface area contributed by atoms with Crippen LogP contribution in [0.15, 0.2) is 18.2 Å². The van der Waals surface area contributed by atoms with E-state index in [9.17, 15) is 31.1 Å². The molecule has 0 bridgehead atoms. The molecule has 1 aromatic rings. The van der Waals surface area contributed by atoms with Gasteiger partial charge in [0.1, 0.15) is 0 Å². The van der Waals surface area contributed by atoms with Crippen molar-refractivity contribution < 1.29 is 31.1 Å². The lowest BCUT2D eigenvalue weighted by Gasteiger charge is -2.15. The zero-order chi connectivity index (χ0) is 14.8. The van der Waals surface area contributed by atoms with E-state index in [1.807, 2.05) is 0 Å². The summed E-state index contributed by atoms with van der Waals surface area (Å²) in [6.07, 6.45) is -9.71. The van der Waals surface area contributed by atoms with Crippen molar-refractivity contribution in [3.8, 4) is 0 Å². The molecule has 7 heteroatoms. The topological polar surface area (TPSA) is 17.1 Å². The van der Waals surface area contributed by atoms with Crippen LogP contribution in [-0.2, 0) is 12.4 Å². The van der Waals surface area contributed by atoms with Gasteiger partial charge in [0.15, 0.2) is 5.78 Å². The van der Waals surface area contributed by atoms with Crippen LogP contribution in [0.2, 0.25) is 0 Å². The summed E-state index contributed by atoms with van der Waals surface area (Å²) in [5.41, 5.74) is -3.68. The summed E-state index contributed by atoms with van der Waals surface area (Å²) in [7, 11) is 0. The maximum Gasteiger partial charge on any atom is 0.417 e. The zero-order valence-corrected chi connectivity index (χ0v) is 9.82. The summed E-state index contributed by atoms with van der Waals surface area (Å²) in [6.45, 7) is 1.59. The van der Waals surface area contributed by atoms with Gasteiger partial charge in [-0.05, 0) is 18.6 Å². The van der Waals surface area contributed by atoms with E-state index in [2.05, 4.69) is 0 Å². The minimum atomic E-state index is -5.00. The number of hydrogen-bond donors (Lipinski definition) is 0. The number of rotatable bonds is 3. The van der Waals surface area contributed by atoms with Gasteiger partial charge in [-0.25, -0.2) is 0 Å². The average Bonchev–Trinajstić information content (AvgIpc) is 2.26. The third-order valence-corrected chi connectivity index (χ3v) is 2.43. The second kappa shape index (κ2) is 5.22. The highest BCUT2D eigenvalue weighted by Crippen LogP contribution is 2.37. The summed E-state index contributed by atoms with van der Waals surface area (Å²) in [6, 6.07) is 1.05. The van der Waals surface area contributed by atoms with Crippen molar-refractivity contribution in [2.45, 2.75) is 32.1 Å². The van der Waals surface area contributed by atoms with Gasteiger partial charge in [-0.1, -0.05) is 13.0 Å². The van der Waals surface area contributed by atoms with E-state index in [0.717, 1.165) is 0 Å². The van der Waals surface area contributed by atoms with Crippen LogP contribution < -0.4 is 0 Å². The number of halogens is 6. The number of carbonyl (C=O) groups is 1. The minimum absolute atomic E-state index is 0.0249. The van der Waals surface area contributed by atoms with Crippen LogP contribution >= 0.6 is 0 Å². The lowest BCUT2D eigenvalue weighted by atomic mass is 9.98. The lowest BCUT2D eigenvalue weighted by molar-refractivity contribution is -0.143. The Morgan fingerprint density at radius 3 is 2.05 bits per heavy atom. The van der Waals surface area contributed by atoms with Crippen molar-refractivity contribution in [3.63, 3.8) is 0 Å². The van der Waals surface area contributed by atoms with E-state index in [4.69, 9.17) is 0 Å². The standard InChI is InChI=1S/C12H10F6O/c1-2-3-10(19)8-5-4-7(11(13,14)15)6-9(8)12(16,17)18/h4-6H,2-3H2,1H3. The van der Waals surface area contributed by atoms with Gasteiger partial charge in [0.2, 0.25) is 0 Å². The molecular formula is C12H10F6O. The smallest absolute Gasteiger partial charge is 0.294 e. The summed E-state index contributed by atoms with van der Waals surface area (Å²) in [5, 5.41) is 0. The maximum absolute atomic E-state index is 12.7. The van der Waals surface area contributed by atoms with E-state index < -0.39 is 34.8 Å². The molecule has 19 heavy (non-hydrogen) atoms. The maximum atomic E-state index is 12.7. The van der Waals surface area contributed by atoms with Crippen molar-refractivity contribution in [2.75, 3.05) is 0 Å². The first-order valence-electron chi connectivity index (χ1n) is 5.39. The fourth-order valence-electron chi connectivity index (χ4n) is 1.56. The van der Waals surface area contributed by atoms with E-state index in [-0.39, 0.29) is 12.5 Å². The molecule has 0 heterocycles. The fraction of sp³-hybridized carbons (Fsp3) is 0.417. The Hall–Kier alpha value is -1.53. The molecule has 0 saturated carbocycles. The van der Waals surface area contributed by atoms with Crippen LogP contribution in [0.1, 0.15) is 41.3 Å². The molecule has 0 N–H and O–H groups in total. The third kappa shape index (κ3) is 3.71. The fourth-order valence-corrected chi connectivity index (χ4v) is 1.56. The lowest BCUT2D eigenvalue weighted by Crippen LogP contribution is -2.16. The predicted molar refractivity (Wildman–Crippen MR) is 55.7 cm³/mol. The molecule has 0 aromatic heterocycles. The molecule has 1 nitrogen and oxygen atoms in total. The van der Waals surface area contributed by atoms with Gasteiger partial charge in [0.05, 0.1) is 11.1 Å². The molecule has 0 aliphatic rings. The summed E-state index contributed by atoms with van der Waals surface area (Å²) in [4.78, 5) is 11.5. The van der Waals surface area contributed by atoms with Crippen LogP contribution in [0, 0.1) is 0 Å².